The van der Waals surface area contributed by atoms with Crippen molar-refractivity contribution in [2.24, 2.45) is 11.1 Å². The molecule has 0 spiro atoms. The topological polar surface area (TPSA) is 29.3 Å². The molecule has 2 nitrogen and oxygen atoms in total. The maximum absolute atomic E-state index is 6.21. The van der Waals surface area contributed by atoms with E-state index >= 15 is 0 Å². The molecule has 1 fully saturated rings. The van der Waals surface area contributed by atoms with Crippen LogP contribution in [0.5, 0.6) is 0 Å². The van der Waals surface area contributed by atoms with Crippen LogP contribution in [0.2, 0.25) is 0 Å². The van der Waals surface area contributed by atoms with Crippen LogP contribution in [-0.4, -0.2) is 19.1 Å². The van der Waals surface area contributed by atoms with Gasteiger partial charge in [0.15, 0.2) is 0 Å². The first-order valence-electron chi connectivity index (χ1n) is 7.31. The van der Waals surface area contributed by atoms with Crippen LogP contribution in [0.25, 0.3) is 0 Å². The van der Waals surface area contributed by atoms with E-state index in [1.54, 1.807) is 0 Å². The van der Waals surface area contributed by atoms with Gasteiger partial charge >= 0.3 is 0 Å². The Balaban J connectivity index is 2.15. The number of anilines is 1. The first-order valence-corrected chi connectivity index (χ1v) is 7.31. The highest BCUT2D eigenvalue weighted by atomic mass is 15.2. The van der Waals surface area contributed by atoms with Gasteiger partial charge in [-0.2, -0.15) is 0 Å². The molecule has 1 aromatic rings. The second kappa shape index (κ2) is 4.82. The van der Waals surface area contributed by atoms with Crippen molar-refractivity contribution in [3.05, 3.63) is 29.8 Å². The Morgan fingerprint density at radius 3 is 2.21 bits per heavy atom. The van der Waals surface area contributed by atoms with Crippen molar-refractivity contribution in [1.82, 2.24) is 0 Å². The normalized spacial score (nSPS) is 23.5. The Kier molecular flexibility index (Phi) is 3.65. The van der Waals surface area contributed by atoms with Crippen molar-refractivity contribution in [2.45, 2.75) is 52.5 Å². The minimum Gasteiger partial charge on any atom is -0.371 e. The van der Waals surface area contributed by atoms with Gasteiger partial charge in [0.1, 0.15) is 0 Å². The third-order valence-corrected chi connectivity index (χ3v) is 4.41. The monoisotopic (exact) mass is 260 g/mol. The molecule has 1 aromatic carbocycles. The van der Waals surface area contributed by atoms with Gasteiger partial charge in [0.25, 0.3) is 0 Å². The van der Waals surface area contributed by atoms with E-state index in [0.29, 0.717) is 6.04 Å². The van der Waals surface area contributed by atoms with E-state index in [4.69, 9.17) is 5.73 Å². The van der Waals surface area contributed by atoms with Gasteiger partial charge in [-0.1, -0.05) is 46.8 Å². The SMILES string of the molecule is CC(C)(C)c1ccc(N2CCC(N)C(C)(C)C2)cc1. The van der Waals surface area contributed by atoms with Crippen molar-refractivity contribution < 1.29 is 0 Å². The van der Waals surface area contributed by atoms with Gasteiger partial charge in [-0.25, -0.2) is 0 Å². The van der Waals surface area contributed by atoms with Gasteiger partial charge in [-0.15, -0.1) is 0 Å². The van der Waals surface area contributed by atoms with E-state index in [-0.39, 0.29) is 10.8 Å². The van der Waals surface area contributed by atoms with Crippen LogP contribution in [0.4, 0.5) is 5.69 Å². The first kappa shape index (κ1) is 14.4. The van der Waals surface area contributed by atoms with Gasteiger partial charge in [0.05, 0.1) is 0 Å². The number of rotatable bonds is 1. The fourth-order valence-electron chi connectivity index (χ4n) is 2.77. The van der Waals surface area contributed by atoms with Crippen LogP contribution >= 0.6 is 0 Å². The van der Waals surface area contributed by atoms with Gasteiger partial charge in [-0.3, -0.25) is 0 Å². The van der Waals surface area contributed by atoms with Crippen LogP contribution in [0.3, 0.4) is 0 Å². The molecule has 2 N–H and O–H groups in total. The fourth-order valence-corrected chi connectivity index (χ4v) is 2.77. The van der Waals surface area contributed by atoms with Gasteiger partial charge in [-0.05, 0) is 34.9 Å². The molecule has 0 amide bonds. The molecule has 2 rings (SSSR count). The highest BCUT2D eigenvalue weighted by Gasteiger charge is 2.33. The molecule has 0 aliphatic carbocycles. The van der Waals surface area contributed by atoms with Crippen molar-refractivity contribution in [2.75, 3.05) is 18.0 Å². The molecule has 0 aromatic heterocycles. The maximum atomic E-state index is 6.21. The van der Waals surface area contributed by atoms with E-state index in [2.05, 4.69) is 63.8 Å². The van der Waals surface area contributed by atoms with Gasteiger partial charge in [0, 0.05) is 24.8 Å². The number of nitrogens with zero attached hydrogens (tertiary/aromatic N) is 1. The molecular formula is C17H28N2. The number of benzene rings is 1. The first-order chi connectivity index (χ1) is 8.70. The zero-order valence-electron chi connectivity index (χ0n) is 13.0. The summed E-state index contributed by atoms with van der Waals surface area (Å²) >= 11 is 0. The molecule has 0 radical (unpaired) electrons. The lowest BCUT2D eigenvalue weighted by molar-refractivity contribution is 0.245. The van der Waals surface area contributed by atoms with Gasteiger partial charge < -0.3 is 10.6 Å². The fraction of sp³-hybridized carbons (Fsp3) is 0.647. The van der Waals surface area contributed by atoms with Crippen molar-refractivity contribution in [3.8, 4) is 0 Å². The lowest BCUT2D eigenvalue weighted by Crippen LogP contribution is -2.52. The van der Waals surface area contributed by atoms with E-state index in [1.807, 2.05) is 0 Å². The van der Waals surface area contributed by atoms with Gasteiger partial charge in [0.2, 0.25) is 0 Å². The average molecular weight is 260 g/mol. The molecule has 1 saturated heterocycles. The third kappa shape index (κ3) is 3.11. The Bertz CT molecular complexity index is 426. The molecule has 19 heavy (non-hydrogen) atoms. The Hall–Kier alpha value is -1.02. The second-order valence-electron chi connectivity index (χ2n) is 7.60. The summed E-state index contributed by atoms with van der Waals surface area (Å²) in [6.07, 6.45) is 1.08. The molecule has 1 atom stereocenters. The highest BCUT2D eigenvalue weighted by Crippen LogP contribution is 2.32. The summed E-state index contributed by atoms with van der Waals surface area (Å²) in [5.74, 6) is 0. The summed E-state index contributed by atoms with van der Waals surface area (Å²) in [4.78, 5) is 2.47. The van der Waals surface area contributed by atoms with E-state index in [0.717, 1.165) is 19.5 Å². The molecule has 106 valence electrons. The lowest BCUT2D eigenvalue weighted by Gasteiger charge is -2.43. The summed E-state index contributed by atoms with van der Waals surface area (Å²) in [7, 11) is 0. The Labute approximate surface area is 118 Å². The minimum atomic E-state index is 0.195. The largest absolute Gasteiger partial charge is 0.371 e. The number of hydrogen-bond acceptors (Lipinski definition) is 2. The minimum absolute atomic E-state index is 0.195. The summed E-state index contributed by atoms with van der Waals surface area (Å²) < 4.78 is 0. The standard InChI is InChI=1S/C17H28N2/c1-16(2,3)13-6-8-14(9-7-13)19-11-10-15(18)17(4,5)12-19/h6-9,15H,10-12,18H2,1-5H3. The number of nitrogens with two attached hydrogens (primary N) is 1. The Morgan fingerprint density at radius 1 is 1.16 bits per heavy atom. The van der Waals surface area contributed by atoms with Crippen molar-refractivity contribution in [3.63, 3.8) is 0 Å². The summed E-state index contributed by atoms with van der Waals surface area (Å²) in [5.41, 5.74) is 9.35. The summed E-state index contributed by atoms with van der Waals surface area (Å²) in [6, 6.07) is 9.35. The predicted octanol–water partition coefficient (Wildman–Crippen LogP) is 3.55. The number of piperidine rings is 1. The van der Waals surface area contributed by atoms with E-state index in [9.17, 15) is 0 Å². The van der Waals surface area contributed by atoms with Crippen LogP contribution in [0.1, 0.15) is 46.6 Å². The highest BCUT2D eigenvalue weighted by molar-refractivity contribution is 5.49. The second-order valence-corrected chi connectivity index (χ2v) is 7.60. The smallest absolute Gasteiger partial charge is 0.0366 e. The van der Waals surface area contributed by atoms with Crippen molar-refractivity contribution in [1.29, 1.82) is 0 Å². The van der Waals surface area contributed by atoms with E-state index in [1.165, 1.54) is 11.3 Å². The Morgan fingerprint density at radius 2 is 1.74 bits per heavy atom. The predicted molar refractivity (Wildman–Crippen MR) is 83.7 cm³/mol. The molecule has 2 heteroatoms. The molecule has 1 aliphatic rings. The summed E-state index contributed by atoms with van der Waals surface area (Å²) in [5, 5.41) is 0. The van der Waals surface area contributed by atoms with Crippen LogP contribution in [-0.2, 0) is 5.41 Å². The molecule has 1 aliphatic heterocycles. The molecule has 1 heterocycles. The van der Waals surface area contributed by atoms with Crippen LogP contribution in [0, 0.1) is 5.41 Å². The molecular weight excluding hydrogens is 232 g/mol. The lowest BCUT2D eigenvalue weighted by atomic mass is 9.79. The van der Waals surface area contributed by atoms with Crippen LogP contribution < -0.4 is 10.6 Å². The molecule has 0 bridgehead atoms. The third-order valence-electron chi connectivity index (χ3n) is 4.41. The summed E-state index contributed by atoms with van der Waals surface area (Å²) in [6.45, 7) is 13.4. The average Bonchev–Trinajstić information content (AvgIpc) is 2.32. The van der Waals surface area contributed by atoms with Crippen LogP contribution in [0.15, 0.2) is 24.3 Å². The maximum Gasteiger partial charge on any atom is 0.0366 e. The zero-order chi connectivity index (χ0) is 14.3. The van der Waals surface area contributed by atoms with Crippen molar-refractivity contribution >= 4 is 5.69 Å². The molecule has 0 saturated carbocycles. The quantitative estimate of drug-likeness (QED) is 0.836. The zero-order valence-corrected chi connectivity index (χ0v) is 13.0. The van der Waals surface area contributed by atoms with E-state index < -0.39 is 0 Å². The molecule has 1 unspecified atom stereocenters. The number of hydrogen-bond donors (Lipinski definition) is 1.